The Balaban J connectivity index is 2.22. The van der Waals surface area contributed by atoms with Gasteiger partial charge in [0, 0.05) is 25.9 Å². The molecule has 0 fully saturated rings. The number of nitrogens with one attached hydrogen (secondary N) is 1. The molecule has 0 bridgehead atoms. The number of aromatic amines is 1. The van der Waals surface area contributed by atoms with Crippen molar-refractivity contribution in [3.63, 3.8) is 0 Å². The van der Waals surface area contributed by atoms with Crippen molar-refractivity contribution in [3.05, 3.63) is 69.6 Å². The van der Waals surface area contributed by atoms with E-state index in [9.17, 15) is 22.8 Å². The number of nitrogens with zero attached hydrogens (tertiary/aromatic N) is 1. The van der Waals surface area contributed by atoms with E-state index in [0.717, 1.165) is 11.0 Å². The molecule has 1 heterocycles. The summed E-state index contributed by atoms with van der Waals surface area (Å²) >= 11 is 0. The number of hydrogen-bond donors (Lipinski definition) is 1. The number of carbonyl (C=O) groups excluding carboxylic acids is 1. The Kier molecular flexibility index (Phi) is 4.35. The van der Waals surface area contributed by atoms with E-state index in [1.54, 1.807) is 0 Å². The molecular weight excluding hydrogens is 297 g/mol. The van der Waals surface area contributed by atoms with Gasteiger partial charge in [-0.1, -0.05) is 18.2 Å². The third kappa shape index (κ3) is 3.55. The fourth-order valence-corrected chi connectivity index (χ4v) is 2.03. The zero-order valence-electron chi connectivity index (χ0n) is 11.6. The number of aromatic nitrogens is 1. The molecule has 0 aliphatic carbocycles. The predicted molar refractivity (Wildman–Crippen MR) is 74.3 cm³/mol. The third-order valence-electron chi connectivity index (χ3n) is 3.11. The monoisotopic (exact) mass is 310 g/mol. The number of rotatable bonds is 3. The summed E-state index contributed by atoms with van der Waals surface area (Å²) in [7, 11) is 1.40. The summed E-state index contributed by atoms with van der Waals surface area (Å²) in [6, 6.07) is 7.62. The third-order valence-corrected chi connectivity index (χ3v) is 3.11. The van der Waals surface area contributed by atoms with Crippen LogP contribution in [0.2, 0.25) is 0 Å². The molecule has 0 saturated heterocycles. The molecule has 0 aliphatic rings. The highest BCUT2D eigenvalue weighted by Crippen LogP contribution is 2.32. The first-order valence-corrected chi connectivity index (χ1v) is 6.38. The molecule has 2 rings (SSSR count). The van der Waals surface area contributed by atoms with Gasteiger partial charge in [-0.25, -0.2) is 0 Å². The van der Waals surface area contributed by atoms with Crippen molar-refractivity contribution in [1.82, 2.24) is 9.88 Å². The Hall–Kier alpha value is -2.57. The molecule has 1 aromatic heterocycles. The summed E-state index contributed by atoms with van der Waals surface area (Å²) in [5, 5.41) is 0. The van der Waals surface area contributed by atoms with Crippen molar-refractivity contribution in [2.24, 2.45) is 0 Å². The normalized spacial score (nSPS) is 11.3. The fraction of sp³-hybridized carbons (Fsp3) is 0.200. The lowest BCUT2D eigenvalue weighted by Gasteiger charge is -2.20. The van der Waals surface area contributed by atoms with Gasteiger partial charge in [0.25, 0.3) is 5.91 Å². The van der Waals surface area contributed by atoms with E-state index < -0.39 is 17.6 Å². The average Bonchev–Trinajstić information content (AvgIpc) is 2.46. The molecule has 0 unspecified atom stereocenters. The Bertz CT molecular complexity index is 718. The smallest absolute Gasteiger partial charge is 0.337 e. The largest absolute Gasteiger partial charge is 0.416 e. The number of carbonyl (C=O) groups is 1. The second-order valence-corrected chi connectivity index (χ2v) is 4.76. The van der Waals surface area contributed by atoms with Gasteiger partial charge in [0.1, 0.15) is 0 Å². The number of pyridine rings is 1. The maximum atomic E-state index is 12.9. The fourth-order valence-electron chi connectivity index (χ4n) is 2.03. The van der Waals surface area contributed by atoms with Gasteiger partial charge in [0.2, 0.25) is 5.56 Å². The van der Waals surface area contributed by atoms with E-state index in [1.165, 1.54) is 43.6 Å². The van der Waals surface area contributed by atoms with Gasteiger partial charge >= 0.3 is 6.18 Å². The summed E-state index contributed by atoms with van der Waals surface area (Å²) in [5.41, 5.74) is -0.917. The van der Waals surface area contributed by atoms with Crippen LogP contribution in [0.5, 0.6) is 0 Å². The highest BCUT2D eigenvalue weighted by atomic mass is 19.4. The van der Waals surface area contributed by atoms with Crippen LogP contribution in [0.1, 0.15) is 21.5 Å². The molecule has 116 valence electrons. The van der Waals surface area contributed by atoms with Crippen molar-refractivity contribution in [2.45, 2.75) is 12.7 Å². The second-order valence-electron chi connectivity index (χ2n) is 4.76. The number of H-pyrrole nitrogens is 1. The lowest BCUT2D eigenvalue weighted by Crippen LogP contribution is -2.28. The SMILES string of the molecule is CN(Cc1ccccc1C(F)(F)F)C(=O)c1ccc(=O)[nH]c1. The van der Waals surface area contributed by atoms with Crippen LogP contribution < -0.4 is 5.56 Å². The minimum absolute atomic E-state index is 0.00951. The topological polar surface area (TPSA) is 53.2 Å². The number of hydrogen-bond acceptors (Lipinski definition) is 2. The Morgan fingerprint density at radius 1 is 1.18 bits per heavy atom. The van der Waals surface area contributed by atoms with Crippen LogP contribution in [0.25, 0.3) is 0 Å². The maximum absolute atomic E-state index is 12.9. The summed E-state index contributed by atoms with van der Waals surface area (Å²) < 4.78 is 38.8. The summed E-state index contributed by atoms with van der Waals surface area (Å²) in [5.74, 6) is -0.478. The lowest BCUT2D eigenvalue weighted by molar-refractivity contribution is -0.138. The first-order valence-electron chi connectivity index (χ1n) is 6.38. The molecule has 0 saturated carbocycles. The highest BCUT2D eigenvalue weighted by molar-refractivity contribution is 5.93. The van der Waals surface area contributed by atoms with Crippen molar-refractivity contribution >= 4 is 5.91 Å². The molecule has 1 amide bonds. The number of amides is 1. The lowest BCUT2D eigenvalue weighted by atomic mass is 10.1. The molecule has 1 N–H and O–H groups in total. The summed E-state index contributed by atoms with van der Waals surface area (Å²) in [4.78, 5) is 26.6. The minimum Gasteiger partial charge on any atom is -0.337 e. The van der Waals surface area contributed by atoms with Crippen LogP contribution in [0, 0.1) is 0 Å². The van der Waals surface area contributed by atoms with Crippen LogP contribution in [-0.2, 0) is 12.7 Å². The molecule has 4 nitrogen and oxygen atoms in total. The van der Waals surface area contributed by atoms with Gasteiger partial charge in [0.05, 0.1) is 11.1 Å². The van der Waals surface area contributed by atoms with Gasteiger partial charge < -0.3 is 9.88 Å². The number of alkyl halides is 3. The molecule has 0 aliphatic heterocycles. The van der Waals surface area contributed by atoms with Crippen LogP contribution in [0.3, 0.4) is 0 Å². The van der Waals surface area contributed by atoms with E-state index in [0.29, 0.717) is 0 Å². The van der Waals surface area contributed by atoms with E-state index in [-0.39, 0.29) is 23.2 Å². The van der Waals surface area contributed by atoms with E-state index in [4.69, 9.17) is 0 Å². The van der Waals surface area contributed by atoms with Crippen molar-refractivity contribution in [1.29, 1.82) is 0 Å². The summed E-state index contributed by atoms with van der Waals surface area (Å²) in [6.45, 7) is -0.187. The van der Waals surface area contributed by atoms with Crippen LogP contribution in [-0.4, -0.2) is 22.8 Å². The first-order chi connectivity index (χ1) is 10.3. The standard InChI is InChI=1S/C15H13F3N2O2/c1-20(14(22)10-6-7-13(21)19-8-10)9-11-4-2-3-5-12(11)15(16,17)18/h2-8H,9H2,1H3,(H,19,21). The molecular formula is C15H13F3N2O2. The quantitative estimate of drug-likeness (QED) is 0.947. The molecule has 2 aromatic rings. The number of halogens is 3. The Morgan fingerprint density at radius 3 is 2.45 bits per heavy atom. The van der Waals surface area contributed by atoms with Gasteiger partial charge in [0.15, 0.2) is 0 Å². The molecule has 0 radical (unpaired) electrons. The second kappa shape index (κ2) is 6.05. The van der Waals surface area contributed by atoms with Crippen molar-refractivity contribution in [3.8, 4) is 0 Å². The molecule has 7 heteroatoms. The van der Waals surface area contributed by atoms with E-state index in [2.05, 4.69) is 4.98 Å². The summed E-state index contributed by atoms with van der Waals surface area (Å²) in [6.07, 6.45) is -3.24. The van der Waals surface area contributed by atoms with E-state index in [1.807, 2.05) is 0 Å². The zero-order chi connectivity index (χ0) is 16.3. The van der Waals surface area contributed by atoms with Gasteiger partial charge in [-0.2, -0.15) is 13.2 Å². The van der Waals surface area contributed by atoms with Crippen LogP contribution in [0.4, 0.5) is 13.2 Å². The van der Waals surface area contributed by atoms with Gasteiger partial charge in [-0.05, 0) is 17.7 Å². The number of benzene rings is 1. The molecule has 0 spiro atoms. The van der Waals surface area contributed by atoms with Crippen molar-refractivity contribution in [2.75, 3.05) is 7.05 Å². The molecule has 0 atom stereocenters. The van der Waals surface area contributed by atoms with Gasteiger partial charge in [-0.3, -0.25) is 9.59 Å². The minimum atomic E-state index is -4.47. The van der Waals surface area contributed by atoms with Crippen LogP contribution >= 0.6 is 0 Å². The molecule has 1 aromatic carbocycles. The average molecular weight is 310 g/mol. The van der Waals surface area contributed by atoms with Gasteiger partial charge in [-0.15, -0.1) is 0 Å². The zero-order valence-corrected chi connectivity index (χ0v) is 11.6. The Morgan fingerprint density at radius 2 is 1.86 bits per heavy atom. The first kappa shape index (κ1) is 15.8. The maximum Gasteiger partial charge on any atom is 0.416 e. The van der Waals surface area contributed by atoms with E-state index >= 15 is 0 Å². The Labute approximate surface area is 124 Å². The molecule has 22 heavy (non-hydrogen) atoms. The highest BCUT2D eigenvalue weighted by Gasteiger charge is 2.33. The predicted octanol–water partition coefficient (Wildman–Crippen LogP) is 2.67. The van der Waals surface area contributed by atoms with Crippen LogP contribution in [0.15, 0.2) is 47.4 Å². The van der Waals surface area contributed by atoms with Crippen molar-refractivity contribution < 1.29 is 18.0 Å².